The van der Waals surface area contributed by atoms with E-state index in [1.54, 1.807) is 0 Å². The van der Waals surface area contributed by atoms with Gasteiger partial charge in [-0.15, -0.1) is 0 Å². The highest BCUT2D eigenvalue weighted by Gasteiger charge is 2.54. The zero-order chi connectivity index (χ0) is 22.9. The SMILES string of the molecule is Cc1cc(N(C)C)c2c(c1)C(C)(C)CC1(CC(C)(C)c3cc(C)cc(N(C)C)c3O1)O2. The molecule has 2 aliphatic heterocycles. The van der Waals surface area contributed by atoms with Gasteiger partial charge in [-0.05, 0) is 37.1 Å². The van der Waals surface area contributed by atoms with Crippen LogP contribution in [0.2, 0.25) is 0 Å². The molecule has 0 fully saturated rings. The Bertz CT molecular complexity index is 951. The first-order valence-corrected chi connectivity index (χ1v) is 11.3. The number of ether oxygens (including phenoxy) is 2. The fraction of sp³-hybridized carbons (Fsp3) is 0.556. The van der Waals surface area contributed by atoms with Gasteiger partial charge >= 0.3 is 0 Å². The van der Waals surface area contributed by atoms with Crippen molar-refractivity contribution in [2.24, 2.45) is 0 Å². The molecule has 0 amide bonds. The molecule has 0 saturated carbocycles. The first-order valence-electron chi connectivity index (χ1n) is 11.3. The van der Waals surface area contributed by atoms with E-state index in [2.05, 4.69) is 104 Å². The van der Waals surface area contributed by atoms with Crippen LogP contribution in [-0.2, 0) is 10.8 Å². The number of benzene rings is 2. The summed E-state index contributed by atoms with van der Waals surface area (Å²) in [7, 11) is 8.34. The van der Waals surface area contributed by atoms with Crippen LogP contribution in [0.15, 0.2) is 24.3 Å². The second-order valence-electron chi connectivity index (χ2n) is 11.3. The first kappa shape index (κ1) is 21.9. The van der Waals surface area contributed by atoms with Crippen molar-refractivity contribution in [1.82, 2.24) is 0 Å². The van der Waals surface area contributed by atoms with Crippen LogP contribution in [0.5, 0.6) is 11.5 Å². The van der Waals surface area contributed by atoms with E-state index >= 15 is 0 Å². The largest absolute Gasteiger partial charge is 0.450 e. The van der Waals surface area contributed by atoms with E-state index in [1.165, 1.54) is 22.3 Å². The topological polar surface area (TPSA) is 24.9 Å². The van der Waals surface area contributed by atoms with Gasteiger partial charge in [0.1, 0.15) is 0 Å². The molecule has 0 bridgehead atoms. The molecular formula is C27H38N2O2. The maximum absolute atomic E-state index is 6.92. The number of anilines is 2. The lowest BCUT2D eigenvalue weighted by Crippen LogP contribution is -2.56. The first-order chi connectivity index (χ1) is 14.2. The van der Waals surface area contributed by atoms with Crippen LogP contribution in [0.3, 0.4) is 0 Å². The molecule has 2 heterocycles. The lowest BCUT2D eigenvalue weighted by atomic mass is 9.68. The maximum atomic E-state index is 6.92. The Morgan fingerprint density at radius 3 is 1.32 bits per heavy atom. The summed E-state index contributed by atoms with van der Waals surface area (Å²) in [5.41, 5.74) is 7.15. The predicted molar refractivity (Wildman–Crippen MR) is 130 cm³/mol. The Kier molecular flexibility index (Phi) is 4.81. The Morgan fingerprint density at radius 2 is 1.00 bits per heavy atom. The van der Waals surface area contributed by atoms with Crippen LogP contribution in [-0.4, -0.2) is 34.0 Å². The molecule has 0 atom stereocenters. The third kappa shape index (κ3) is 3.54. The molecule has 1 spiro atoms. The Balaban J connectivity index is 1.92. The molecule has 0 aromatic heterocycles. The van der Waals surface area contributed by atoms with Crippen LogP contribution in [0, 0.1) is 13.8 Å². The minimum atomic E-state index is -0.701. The second-order valence-corrected chi connectivity index (χ2v) is 11.3. The zero-order valence-electron chi connectivity index (χ0n) is 20.9. The van der Waals surface area contributed by atoms with Crippen molar-refractivity contribution in [1.29, 1.82) is 0 Å². The number of fused-ring (bicyclic) bond motifs is 2. The summed E-state index contributed by atoms with van der Waals surface area (Å²) >= 11 is 0. The standard InChI is InChI=1S/C27H38N2O2/c1-17-11-19-23(21(13-17)28(7)8)30-27(15-25(19,3)4)16-26(5,6)20-12-18(2)14-22(29(9)10)24(20)31-27/h11-14H,15-16H2,1-10H3. The van der Waals surface area contributed by atoms with Crippen molar-refractivity contribution in [3.63, 3.8) is 0 Å². The highest BCUT2D eigenvalue weighted by atomic mass is 16.7. The smallest absolute Gasteiger partial charge is 0.253 e. The second kappa shape index (κ2) is 6.82. The molecular weight excluding hydrogens is 384 g/mol. The molecule has 0 radical (unpaired) electrons. The molecule has 2 aliphatic rings. The summed E-state index contributed by atoms with van der Waals surface area (Å²) in [5.74, 6) is 1.22. The molecule has 4 rings (SSSR count). The van der Waals surface area contributed by atoms with Gasteiger partial charge in [-0.2, -0.15) is 0 Å². The van der Waals surface area contributed by atoms with Crippen LogP contribution in [0.25, 0.3) is 0 Å². The van der Waals surface area contributed by atoms with E-state index in [0.717, 1.165) is 35.7 Å². The van der Waals surface area contributed by atoms with Crippen molar-refractivity contribution < 1.29 is 9.47 Å². The molecule has 0 aliphatic carbocycles. The third-order valence-corrected chi connectivity index (χ3v) is 6.85. The van der Waals surface area contributed by atoms with Gasteiger partial charge in [0.25, 0.3) is 5.79 Å². The lowest BCUT2D eigenvalue weighted by molar-refractivity contribution is -0.165. The van der Waals surface area contributed by atoms with Gasteiger partial charge in [0.2, 0.25) is 0 Å². The average molecular weight is 423 g/mol. The molecule has 0 N–H and O–H groups in total. The molecule has 0 unspecified atom stereocenters. The summed E-state index contributed by atoms with van der Waals surface area (Å²) in [6.07, 6.45) is 1.62. The van der Waals surface area contributed by atoms with Gasteiger partial charge in [-0.1, -0.05) is 39.8 Å². The Morgan fingerprint density at radius 1 is 0.645 bits per heavy atom. The van der Waals surface area contributed by atoms with Gasteiger partial charge in [0, 0.05) is 63.0 Å². The Labute approximate surface area is 188 Å². The molecule has 4 heteroatoms. The highest BCUT2D eigenvalue weighted by molar-refractivity contribution is 5.68. The minimum Gasteiger partial charge on any atom is -0.450 e. The predicted octanol–water partition coefficient (Wildman–Crippen LogP) is 5.95. The third-order valence-electron chi connectivity index (χ3n) is 6.85. The summed E-state index contributed by atoms with van der Waals surface area (Å²) in [6, 6.07) is 8.99. The van der Waals surface area contributed by atoms with E-state index in [0.29, 0.717) is 0 Å². The fourth-order valence-electron chi connectivity index (χ4n) is 5.53. The molecule has 4 nitrogen and oxygen atoms in total. The van der Waals surface area contributed by atoms with E-state index in [1.807, 2.05) is 0 Å². The normalized spacial score (nSPS) is 19.7. The number of hydrogen-bond acceptors (Lipinski definition) is 4. The van der Waals surface area contributed by atoms with E-state index in [4.69, 9.17) is 9.47 Å². The quantitative estimate of drug-likeness (QED) is 0.597. The molecule has 0 saturated heterocycles. The number of nitrogens with zero attached hydrogens (tertiary/aromatic N) is 2. The maximum Gasteiger partial charge on any atom is 0.253 e. The summed E-state index contributed by atoms with van der Waals surface area (Å²) in [5, 5.41) is 0. The van der Waals surface area contributed by atoms with Gasteiger partial charge in [-0.3, -0.25) is 0 Å². The lowest BCUT2D eigenvalue weighted by Gasteiger charge is -2.52. The van der Waals surface area contributed by atoms with Crippen molar-refractivity contribution in [3.8, 4) is 11.5 Å². The highest BCUT2D eigenvalue weighted by Crippen LogP contribution is 2.57. The molecule has 31 heavy (non-hydrogen) atoms. The average Bonchev–Trinajstić information content (AvgIpc) is 2.61. The molecule has 168 valence electrons. The number of hydrogen-bond donors (Lipinski definition) is 0. The van der Waals surface area contributed by atoms with Crippen LogP contribution in [0.4, 0.5) is 11.4 Å². The minimum absolute atomic E-state index is 0.0685. The number of rotatable bonds is 2. The van der Waals surface area contributed by atoms with Crippen molar-refractivity contribution >= 4 is 11.4 Å². The van der Waals surface area contributed by atoms with Crippen LogP contribution < -0.4 is 19.3 Å². The summed E-state index contributed by atoms with van der Waals surface area (Å²) < 4.78 is 13.8. The number of aryl methyl sites for hydroxylation is 2. The van der Waals surface area contributed by atoms with Gasteiger partial charge < -0.3 is 19.3 Å². The monoisotopic (exact) mass is 422 g/mol. The Hall–Kier alpha value is -2.36. The van der Waals surface area contributed by atoms with Crippen molar-refractivity contribution in [2.45, 2.75) is 71.0 Å². The van der Waals surface area contributed by atoms with Gasteiger partial charge in [-0.25, -0.2) is 0 Å². The fourth-order valence-corrected chi connectivity index (χ4v) is 5.53. The molecule has 2 aromatic carbocycles. The summed E-state index contributed by atoms with van der Waals surface area (Å²) in [4.78, 5) is 4.30. The van der Waals surface area contributed by atoms with E-state index in [-0.39, 0.29) is 10.8 Å². The van der Waals surface area contributed by atoms with Crippen molar-refractivity contribution in [3.05, 3.63) is 46.5 Å². The van der Waals surface area contributed by atoms with Crippen LogP contribution >= 0.6 is 0 Å². The van der Waals surface area contributed by atoms with Crippen molar-refractivity contribution in [2.75, 3.05) is 38.0 Å². The van der Waals surface area contributed by atoms with E-state index < -0.39 is 5.79 Å². The van der Waals surface area contributed by atoms with Gasteiger partial charge in [0.05, 0.1) is 11.4 Å². The molecule has 2 aromatic rings. The summed E-state index contributed by atoms with van der Waals surface area (Å²) in [6.45, 7) is 13.6. The van der Waals surface area contributed by atoms with Crippen LogP contribution in [0.1, 0.15) is 62.8 Å². The van der Waals surface area contributed by atoms with Gasteiger partial charge in [0.15, 0.2) is 11.5 Å². The zero-order valence-corrected chi connectivity index (χ0v) is 20.9. The van der Waals surface area contributed by atoms with E-state index in [9.17, 15) is 0 Å².